The van der Waals surface area contributed by atoms with Crippen LogP contribution in [-0.4, -0.2) is 9.97 Å². The van der Waals surface area contributed by atoms with E-state index in [2.05, 4.69) is 9.97 Å². The summed E-state index contributed by atoms with van der Waals surface area (Å²) in [6.45, 7) is 0. The quantitative estimate of drug-likeness (QED) is 0.408. The topological polar surface area (TPSA) is 37.9 Å². The lowest BCUT2D eigenvalue weighted by Crippen LogP contribution is -2.06. The smallest absolute Gasteiger partial charge is 0.449 e. The zero-order chi connectivity index (χ0) is 18.5. The van der Waals surface area contributed by atoms with Crippen LogP contribution in [0.5, 0.6) is 11.5 Å². The molecule has 0 aliphatic rings. The second kappa shape index (κ2) is 6.59. The average Bonchev–Trinajstić information content (AvgIpc) is 2.98. The van der Waals surface area contributed by atoms with Crippen molar-refractivity contribution in [3.8, 4) is 11.5 Å². The van der Waals surface area contributed by atoms with Gasteiger partial charge in [0.25, 0.3) is 0 Å². The van der Waals surface area contributed by atoms with Gasteiger partial charge >= 0.3 is 6.18 Å². The van der Waals surface area contributed by atoms with E-state index in [1.54, 1.807) is 0 Å². The Morgan fingerprint density at radius 3 is 2.20 bits per heavy atom. The van der Waals surface area contributed by atoms with E-state index < -0.39 is 12.0 Å². The highest BCUT2D eigenvalue weighted by Crippen LogP contribution is 2.46. The summed E-state index contributed by atoms with van der Waals surface area (Å²) in [6, 6.07) is 4.28. The number of nitrogens with zero attached hydrogens (tertiary/aromatic N) is 1. The first kappa shape index (κ1) is 18.7. The normalized spacial score (nSPS) is 12.0. The first-order valence-corrected chi connectivity index (χ1v) is 8.25. The van der Waals surface area contributed by atoms with Crippen molar-refractivity contribution in [2.45, 2.75) is 6.18 Å². The number of benzene rings is 2. The highest BCUT2D eigenvalue weighted by Gasteiger charge is 2.36. The van der Waals surface area contributed by atoms with Crippen LogP contribution in [0.15, 0.2) is 18.2 Å². The number of ether oxygens (including phenoxy) is 1. The molecule has 0 radical (unpaired) electrons. The zero-order valence-electron chi connectivity index (χ0n) is 11.6. The number of hydrogen-bond donors (Lipinski definition) is 1. The van der Waals surface area contributed by atoms with Gasteiger partial charge < -0.3 is 9.72 Å². The van der Waals surface area contributed by atoms with Crippen LogP contribution in [0, 0.1) is 0 Å². The molecule has 1 N–H and O–H groups in total. The molecule has 0 spiro atoms. The number of hydrogen-bond acceptors (Lipinski definition) is 2. The summed E-state index contributed by atoms with van der Waals surface area (Å²) >= 11 is 29.7. The Kier molecular flexibility index (Phi) is 4.94. The molecule has 25 heavy (non-hydrogen) atoms. The highest BCUT2D eigenvalue weighted by atomic mass is 35.5. The predicted molar refractivity (Wildman–Crippen MR) is 92.7 cm³/mol. The van der Waals surface area contributed by atoms with Crippen molar-refractivity contribution in [3.05, 3.63) is 49.1 Å². The van der Waals surface area contributed by atoms with Crippen molar-refractivity contribution in [1.82, 2.24) is 9.97 Å². The molecule has 0 aliphatic heterocycles. The fraction of sp³-hybridized carbons (Fsp3) is 0.0714. The second-order valence-electron chi connectivity index (χ2n) is 4.76. The lowest BCUT2D eigenvalue weighted by Gasteiger charge is -2.11. The van der Waals surface area contributed by atoms with Crippen LogP contribution in [0.4, 0.5) is 13.2 Å². The molecule has 0 aliphatic carbocycles. The summed E-state index contributed by atoms with van der Waals surface area (Å²) in [6.07, 6.45) is -4.72. The summed E-state index contributed by atoms with van der Waals surface area (Å²) in [5, 5.41) is -0.129. The van der Waals surface area contributed by atoms with E-state index in [0.717, 1.165) is 0 Å². The lowest BCUT2D eigenvalue weighted by molar-refractivity contribution is -0.144. The molecule has 0 atom stereocenters. The molecule has 3 nitrogen and oxygen atoms in total. The van der Waals surface area contributed by atoms with E-state index in [9.17, 15) is 13.2 Å². The Hall–Kier alpha value is -1.05. The van der Waals surface area contributed by atoms with Crippen LogP contribution in [0.1, 0.15) is 5.82 Å². The van der Waals surface area contributed by atoms with E-state index in [1.165, 1.54) is 18.2 Å². The van der Waals surface area contributed by atoms with Gasteiger partial charge in [-0.2, -0.15) is 13.2 Å². The van der Waals surface area contributed by atoms with Gasteiger partial charge in [-0.15, -0.1) is 0 Å². The first-order chi connectivity index (χ1) is 11.6. The largest absolute Gasteiger partial charge is 0.453 e. The highest BCUT2D eigenvalue weighted by molar-refractivity contribution is 6.51. The third-order valence-electron chi connectivity index (χ3n) is 3.10. The lowest BCUT2D eigenvalue weighted by atomic mass is 10.2. The van der Waals surface area contributed by atoms with E-state index in [1.807, 2.05) is 0 Å². The zero-order valence-corrected chi connectivity index (χ0v) is 15.4. The molecule has 0 amide bonds. The van der Waals surface area contributed by atoms with Crippen LogP contribution in [0.3, 0.4) is 0 Å². The minimum absolute atomic E-state index is 0.155. The van der Waals surface area contributed by atoms with Gasteiger partial charge in [0.2, 0.25) is 5.82 Å². The Morgan fingerprint density at radius 1 is 0.920 bits per heavy atom. The maximum Gasteiger partial charge on any atom is 0.449 e. The van der Waals surface area contributed by atoms with Gasteiger partial charge in [0.15, 0.2) is 5.75 Å². The number of aromatic amines is 1. The van der Waals surface area contributed by atoms with Crippen molar-refractivity contribution in [2.24, 2.45) is 0 Å². The summed E-state index contributed by atoms with van der Waals surface area (Å²) < 4.78 is 44.4. The Balaban J connectivity index is 2.22. The molecule has 2 aromatic carbocycles. The number of imidazole rings is 1. The van der Waals surface area contributed by atoms with Gasteiger partial charge in [0.1, 0.15) is 21.8 Å². The molecular formula is C14H4Cl5F3N2O. The van der Waals surface area contributed by atoms with Gasteiger partial charge in [-0.05, 0) is 12.1 Å². The van der Waals surface area contributed by atoms with E-state index in [-0.39, 0.29) is 47.6 Å². The van der Waals surface area contributed by atoms with E-state index in [0.29, 0.717) is 0 Å². The summed E-state index contributed by atoms with van der Waals surface area (Å²) in [4.78, 5) is 5.55. The fourth-order valence-electron chi connectivity index (χ4n) is 1.99. The Bertz CT molecular complexity index is 987. The number of aromatic nitrogens is 2. The Morgan fingerprint density at radius 2 is 1.60 bits per heavy atom. The maximum atomic E-state index is 12.9. The van der Waals surface area contributed by atoms with Gasteiger partial charge in [-0.1, -0.05) is 58.0 Å². The van der Waals surface area contributed by atoms with E-state index in [4.69, 9.17) is 62.7 Å². The minimum Gasteiger partial charge on any atom is -0.453 e. The van der Waals surface area contributed by atoms with Crippen LogP contribution in [-0.2, 0) is 6.18 Å². The van der Waals surface area contributed by atoms with Crippen molar-refractivity contribution in [1.29, 1.82) is 0 Å². The van der Waals surface area contributed by atoms with Crippen LogP contribution in [0.2, 0.25) is 25.1 Å². The van der Waals surface area contributed by atoms with Gasteiger partial charge in [0.05, 0.1) is 20.1 Å². The molecule has 11 heteroatoms. The predicted octanol–water partition coefficient (Wildman–Crippen LogP) is 7.64. The van der Waals surface area contributed by atoms with Crippen molar-refractivity contribution in [2.75, 3.05) is 0 Å². The van der Waals surface area contributed by atoms with Gasteiger partial charge in [-0.3, -0.25) is 0 Å². The van der Waals surface area contributed by atoms with Crippen LogP contribution < -0.4 is 4.74 Å². The van der Waals surface area contributed by atoms with Crippen molar-refractivity contribution in [3.63, 3.8) is 0 Å². The third-order valence-corrected chi connectivity index (χ3v) is 5.14. The molecule has 1 aromatic heterocycles. The first-order valence-electron chi connectivity index (χ1n) is 6.36. The average molecular weight is 450 g/mol. The molecule has 3 aromatic rings. The molecule has 1 heterocycles. The number of nitrogens with one attached hydrogen (secondary N) is 1. The minimum atomic E-state index is -4.72. The number of rotatable bonds is 2. The summed E-state index contributed by atoms with van der Waals surface area (Å²) in [7, 11) is 0. The standard InChI is InChI=1S/C14H4Cl5F3N2O/c15-5-2-1-4(3-6(5)16)25-12-9(19)7(17)8(18)10-11(12)24-13(23-10)14(20,21)22/h1-3H,(H,23,24). The number of fused-ring (bicyclic) bond motifs is 1. The van der Waals surface area contributed by atoms with Gasteiger partial charge in [0, 0.05) is 6.07 Å². The number of halogens is 8. The molecule has 3 rings (SSSR count). The SMILES string of the molecule is FC(F)(F)c1nc2c(Cl)c(Cl)c(Cl)c(Oc3ccc(Cl)c(Cl)c3)c2[nH]1. The van der Waals surface area contributed by atoms with Crippen molar-refractivity contribution >= 4 is 69.0 Å². The molecular weight excluding hydrogens is 446 g/mol. The fourth-order valence-corrected chi connectivity index (χ4v) is 2.96. The van der Waals surface area contributed by atoms with Crippen LogP contribution in [0.25, 0.3) is 11.0 Å². The van der Waals surface area contributed by atoms with Gasteiger partial charge in [-0.25, -0.2) is 4.98 Å². The molecule has 0 saturated heterocycles. The van der Waals surface area contributed by atoms with E-state index >= 15 is 0 Å². The molecule has 0 bridgehead atoms. The summed E-state index contributed by atoms with van der Waals surface area (Å²) in [5.74, 6) is -1.26. The molecule has 132 valence electrons. The summed E-state index contributed by atoms with van der Waals surface area (Å²) in [5.41, 5.74) is -0.378. The monoisotopic (exact) mass is 448 g/mol. The third kappa shape index (κ3) is 3.46. The molecule has 0 unspecified atom stereocenters. The Labute approximate surface area is 163 Å². The maximum absolute atomic E-state index is 12.9. The molecule has 0 saturated carbocycles. The van der Waals surface area contributed by atoms with Crippen molar-refractivity contribution < 1.29 is 17.9 Å². The second-order valence-corrected chi connectivity index (χ2v) is 6.70. The number of alkyl halides is 3. The number of H-pyrrole nitrogens is 1. The van der Waals surface area contributed by atoms with Crippen LogP contribution >= 0.6 is 58.0 Å². The molecule has 0 fully saturated rings.